The molecule has 3 aliphatic heterocycles. The molecule has 16 heteroatoms. The number of aromatic nitrogens is 1. The number of piperazine rings is 1. The van der Waals surface area contributed by atoms with Crippen LogP contribution >= 0.6 is 22.9 Å². The Labute approximate surface area is 293 Å². The largest absolute Gasteiger partial charge is 0.466 e. The van der Waals surface area contributed by atoms with E-state index in [1.165, 1.54) is 36.6 Å². The van der Waals surface area contributed by atoms with Gasteiger partial charge in [-0.15, -0.1) is 11.3 Å². The maximum Gasteiger partial charge on any atom is 0.338 e. The van der Waals surface area contributed by atoms with Gasteiger partial charge in [-0.1, -0.05) is 29.8 Å². The number of ether oxygens (including phenoxy) is 2. The highest BCUT2D eigenvalue weighted by Gasteiger charge is 2.47. The molecule has 4 heterocycles. The Bertz CT molecular complexity index is 1890. The van der Waals surface area contributed by atoms with Crippen molar-refractivity contribution in [3.05, 3.63) is 92.3 Å². The van der Waals surface area contributed by atoms with E-state index in [0.29, 0.717) is 54.9 Å². The molecule has 1 unspecified atom stereocenters. The lowest BCUT2D eigenvalue weighted by atomic mass is 9.94. The number of nitrogens with one attached hydrogen (secondary N) is 2. The summed E-state index contributed by atoms with van der Waals surface area (Å²) in [5.41, 5.74) is 2.90. The summed E-state index contributed by atoms with van der Waals surface area (Å²) in [7, 11) is 0.577. The van der Waals surface area contributed by atoms with E-state index >= 15 is 0 Å². The highest BCUT2D eigenvalue weighted by molar-refractivity contribution is 7.97. The molecule has 2 fully saturated rings. The number of thiazole rings is 1. The van der Waals surface area contributed by atoms with Crippen LogP contribution in [0.25, 0.3) is 0 Å². The Kier molecular flexibility index (Phi) is 10.4. The van der Waals surface area contributed by atoms with E-state index in [2.05, 4.69) is 25.8 Å². The van der Waals surface area contributed by atoms with E-state index in [1.807, 2.05) is 34.5 Å². The molecule has 0 saturated carbocycles. The van der Waals surface area contributed by atoms with Gasteiger partial charge in [-0.2, -0.15) is 0 Å². The number of hydrogen-bond donors (Lipinski definition) is 2. The molecule has 49 heavy (non-hydrogen) atoms. The summed E-state index contributed by atoms with van der Waals surface area (Å²) in [5, 5.41) is 5.91. The molecule has 2 saturated heterocycles. The van der Waals surface area contributed by atoms with Crippen molar-refractivity contribution >= 4 is 62.0 Å². The molecule has 2 amide bonds. The standard InChI is InChI=1S/C33H37ClFN7O5S2/c1-46-19-27-26-18-42(22-8-5-20(6-9-22)16-37-49(3,4)45)33(44)41(26)13-12-40(27)17-25-28(32(43)47-2)29(23-10-7-21(35)15-24(23)34)39-30(38-25)31-36-11-14-48-31/h5-11,14-15,26-27,29H,3,12-13,16-19H2,1-2,4H3,(H,37,45)(H,38,39)/t26-,27-,29+,49?/m1/s1. The molecule has 1 aromatic heterocycles. The lowest BCUT2D eigenvalue weighted by Gasteiger charge is -2.44. The second kappa shape index (κ2) is 14.5. The van der Waals surface area contributed by atoms with Crippen molar-refractivity contribution < 1.29 is 27.7 Å². The molecule has 0 aliphatic carbocycles. The van der Waals surface area contributed by atoms with Gasteiger partial charge in [-0.25, -0.2) is 23.7 Å². The van der Waals surface area contributed by atoms with Gasteiger partial charge in [0, 0.05) is 89.3 Å². The summed E-state index contributed by atoms with van der Waals surface area (Å²) in [6.45, 7) is 2.38. The first-order valence-electron chi connectivity index (χ1n) is 15.4. The van der Waals surface area contributed by atoms with Crippen LogP contribution < -0.4 is 14.9 Å². The van der Waals surface area contributed by atoms with Gasteiger partial charge in [0.1, 0.15) is 11.9 Å². The number of halogens is 2. The van der Waals surface area contributed by atoms with Crippen LogP contribution in [0.3, 0.4) is 0 Å². The van der Waals surface area contributed by atoms with Gasteiger partial charge in [0.2, 0.25) is 0 Å². The molecule has 4 atom stereocenters. The number of carbonyl (C=O) groups is 2. The molecular formula is C33H37ClFN7O5S2. The number of amides is 2. The molecule has 12 nitrogen and oxygen atoms in total. The summed E-state index contributed by atoms with van der Waals surface area (Å²) < 4.78 is 39.9. The van der Waals surface area contributed by atoms with Crippen molar-refractivity contribution in [3.63, 3.8) is 0 Å². The van der Waals surface area contributed by atoms with Gasteiger partial charge in [-0.05, 0) is 35.7 Å². The van der Waals surface area contributed by atoms with Crippen molar-refractivity contribution in [3.8, 4) is 0 Å². The zero-order valence-corrected chi connectivity index (χ0v) is 29.6. The van der Waals surface area contributed by atoms with Crippen LogP contribution in [0.1, 0.15) is 22.2 Å². The number of methoxy groups -OCH3 is 2. The van der Waals surface area contributed by atoms with E-state index in [1.54, 1.807) is 24.5 Å². The number of nitrogens with zero attached hydrogens (tertiary/aromatic N) is 5. The molecule has 3 aromatic rings. The highest BCUT2D eigenvalue weighted by atomic mass is 35.5. The number of rotatable bonds is 11. The number of urea groups is 1. The average Bonchev–Trinajstić information content (AvgIpc) is 3.73. The average molecular weight is 730 g/mol. The van der Waals surface area contributed by atoms with Crippen LogP contribution in [-0.2, 0) is 30.5 Å². The lowest BCUT2D eigenvalue weighted by Crippen LogP contribution is -2.61. The summed E-state index contributed by atoms with van der Waals surface area (Å²) in [6, 6.07) is 10.1. The van der Waals surface area contributed by atoms with Crippen molar-refractivity contribution in [2.24, 2.45) is 4.99 Å². The number of hydrogen-bond acceptors (Lipinski definition) is 10. The minimum absolute atomic E-state index is 0.0968. The minimum atomic E-state index is -2.34. The smallest absolute Gasteiger partial charge is 0.338 e. The summed E-state index contributed by atoms with van der Waals surface area (Å²) in [4.78, 5) is 42.3. The third-order valence-electron chi connectivity index (χ3n) is 8.74. The van der Waals surface area contributed by atoms with E-state index < -0.39 is 27.5 Å². The SMILES string of the molecule is C=S(C)(=O)NCc1ccc(N2C[C@@H]3[C@@H](COC)N(CC4=C(C(=O)OC)[C@H](c5ccc(F)cc5Cl)N=C(c5nccs5)N4)CCN3C2=O)cc1. The van der Waals surface area contributed by atoms with E-state index in [0.717, 1.165) is 11.3 Å². The number of carbonyl (C=O) groups excluding carboxylic acids is 2. The summed E-state index contributed by atoms with van der Waals surface area (Å²) in [5.74, 6) is 2.96. The van der Waals surface area contributed by atoms with Crippen molar-refractivity contribution in [2.45, 2.75) is 24.7 Å². The molecule has 2 aromatic carbocycles. The van der Waals surface area contributed by atoms with E-state index in [9.17, 15) is 18.2 Å². The molecule has 3 aliphatic rings. The Morgan fingerprint density at radius 1 is 1.22 bits per heavy atom. The third kappa shape index (κ3) is 7.51. The topological polar surface area (TPSA) is 129 Å². The number of amidine groups is 1. The van der Waals surface area contributed by atoms with Crippen molar-refractivity contribution in [1.82, 2.24) is 24.8 Å². The van der Waals surface area contributed by atoms with Crippen molar-refractivity contribution in [1.29, 1.82) is 0 Å². The van der Waals surface area contributed by atoms with E-state index in [-0.39, 0.29) is 35.3 Å². The van der Waals surface area contributed by atoms with Crippen LogP contribution in [0.15, 0.2) is 70.3 Å². The maximum atomic E-state index is 14.1. The summed E-state index contributed by atoms with van der Waals surface area (Å²) >= 11 is 7.91. The quantitative estimate of drug-likeness (QED) is 0.227. The molecule has 0 spiro atoms. The minimum Gasteiger partial charge on any atom is -0.466 e. The van der Waals surface area contributed by atoms with Crippen LogP contribution in [0, 0.1) is 5.82 Å². The first kappa shape index (κ1) is 35.0. The molecule has 6 rings (SSSR count). The van der Waals surface area contributed by atoms with Crippen molar-refractivity contribution in [2.75, 3.05) is 58.2 Å². The number of aliphatic imine (C=N–C) groups is 1. The monoisotopic (exact) mass is 729 g/mol. The Morgan fingerprint density at radius 3 is 2.65 bits per heavy atom. The second-order valence-corrected chi connectivity index (χ2v) is 15.6. The predicted molar refractivity (Wildman–Crippen MR) is 190 cm³/mol. The van der Waals surface area contributed by atoms with Gasteiger partial charge < -0.3 is 19.7 Å². The Hall–Kier alpha value is -3.86. The molecule has 0 radical (unpaired) electrons. The van der Waals surface area contributed by atoms with E-state index in [4.69, 9.17) is 26.1 Å². The maximum absolute atomic E-state index is 14.1. The molecule has 2 N–H and O–H groups in total. The van der Waals surface area contributed by atoms with Crippen LogP contribution in [-0.4, -0.2) is 108 Å². The zero-order valence-electron chi connectivity index (χ0n) is 27.2. The van der Waals surface area contributed by atoms with Crippen LogP contribution in [0.4, 0.5) is 14.9 Å². The van der Waals surface area contributed by atoms with Gasteiger partial charge in [0.15, 0.2) is 10.8 Å². The fraction of sp³-hybridized carbons (Fsp3) is 0.364. The second-order valence-electron chi connectivity index (χ2n) is 12.0. The third-order valence-corrected chi connectivity index (χ3v) is 10.6. The number of fused-ring (bicyclic) bond motifs is 1. The zero-order chi connectivity index (χ0) is 34.9. The summed E-state index contributed by atoms with van der Waals surface area (Å²) in [6.07, 6.45) is 3.21. The van der Waals surface area contributed by atoms with Gasteiger partial charge >= 0.3 is 12.0 Å². The Balaban J connectivity index is 1.30. The van der Waals surface area contributed by atoms with Crippen LogP contribution in [0.2, 0.25) is 5.02 Å². The first-order valence-corrected chi connectivity index (χ1v) is 18.8. The fourth-order valence-corrected chi connectivity index (χ4v) is 7.73. The number of benzene rings is 2. The normalized spacial score (nSPS) is 22.4. The molecular weight excluding hydrogens is 693 g/mol. The predicted octanol–water partition coefficient (Wildman–Crippen LogP) is 3.45. The Morgan fingerprint density at radius 2 is 2.00 bits per heavy atom. The molecule has 0 bridgehead atoms. The van der Waals surface area contributed by atoms with Gasteiger partial charge in [-0.3, -0.25) is 19.0 Å². The number of esters is 1. The fourth-order valence-electron chi connectivity index (χ4n) is 6.40. The van der Waals surface area contributed by atoms with Crippen LogP contribution in [0.5, 0.6) is 0 Å². The lowest BCUT2D eigenvalue weighted by molar-refractivity contribution is -0.136. The highest BCUT2D eigenvalue weighted by Crippen LogP contribution is 2.38. The van der Waals surface area contributed by atoms with Gasteiger partial charge in [0.25, 0.3) is 0 Å². The van der Waals surface area contributed by atoms with Gasteiger partial charge in [0.05, 0.1) is 31.4 Å². The molecule has 260 valence electrons. The number of anilines is 1. The first-order chi connectivity index (χ1) is 23.5.